The molecule has 1 unspecified atom stereocenters. The lowest BCUT2D eigenvalue weighted by Crippen LogP contribution is -2.46. The molecule has 0 radical (unpaired) electrons. The summed E-state index contributed by atoms with van der Waals surface area (Å²) in [6.07, 6.45) is -2.30. The molecule has 0 spiro atoms. The van der Waals surface area contributed by atoms with E-state index in [1.54, 1.807) is 0 Å². The van der Waals surface area contributed by atoms with Gasteiger partial charge in [0, 0.05) is 25.7 Å². The molecule has 0 aromatic heterocycles. The summed E-state index contributed by atoms with van der Waals surface area (Å²) in [5.41, 5.74) is -0.833. The first-order chi connectivity index (χ1) is 10.7. The molecule has 1 fully saturated rings. The lowest BCUT2D eigenvalue weighted by molar-refractivity contribution is -0.143. The molecule has 1 saturated heterocycles. The molecule has 1 aliphatic rings. The summed E-state index contributed by atoms with van der Waals surface area (Å²) in [4.78, 5) is 5.79. The molecule has 1 atom stereocenters. The minimum atomic E-state index is -4.16. The maximum Gasteiger partial charge on any atom is 0.401 e. The van der Waals surface area contributed by atoms with Crippen LogP contribution in [-0.4, -0.2) is 66.5 Å². The van der Waals surface area contributed by atoms with Crippen LogP contribution >= 0.6 is 24.0 Å². The second-order valence-electron chi connectivity index (χ2n) is 6.11. The molecule has 0 saturated carbocycles. The molecule has 0 aromatic carbocycles. The van der Waals surface area contributed by atoms with Crippen molar-refractivity contribution in [3.63, 3.8) is 0 Å². The number of nitrogens with one attached hydrogen (secondary N) is 2. The summed E-state index contributed by atoms with van der Waals surface area (Å²) in [6, 6.07) is -0.0634. The van der Waals surface area contributed by atoms with E-state index in [0.29, 0.717) is 44.9 Å². The van der Waals surface area contributed by atoms with Crippen LogP contribution in [-0.2, 0) is 0 Å². The summed E-state index contributed by atoms with van der Waals surface area (Å²) in [5, 5.41) is 16.5. The monoisotopic (exact) mass is 466 g/mol. The minimum Gasteiger partial charge on any atom is -0.388 e. The number of aliphatic imine (C=N–C) groups is 1. The van der Waals surface area contributed by atoms with Crippen LogP contribution in [0.2, 0.25) is 0 Å². The van der Waals surface area contributed by atoms with Crippen LogP contribution in [0.3, 0.4) is 0 Å². The SMILES string of the molecule is CCNC(=NCC(O)(CC)CC)NC1CCN(CC(F)(F)F)C1.I. The van der Waals surface area contributed by atoms with Crippen LogP contribution in [0, 0.1) is 0 Å². The van der Waals surface area contributed by atoms with Crippen LogP contribution in [0.15, 0.2) is 4.99 Å². The molecule has 1 heterocycles. The second-order valence-corrected chi connectivity index (χ2v) is 6.11. The number of guanidine groups is 1. The van der Waals surface area contributed by atoms with E-state index in [9.17, 15) is 18.3 Å². The molecule has 24 heavy (non-hydrogen) atoms. The topological polar surface area (TPSA) is 59.9 Å². The Morgan fingerprint density at radius 1 is 1.25 bits per heavy atom. The van der Waals surface area contributed by atoms with Gasteiger partial charge in [-0.15, -0.1) is 24.0 Å². The van der Waals surface area contributed by atoms with E-state index in [4.69, 9.17) is 0 Å². The fraction of sp³-hybridized carbons (Fsp3) is 0.933. The first-order valence-corrected chi connectivity index (χ1v) is 8.27. The summed E-state index contributed by atoms with van der Waals surface area (Å²) in [5.74, 6) is 0.548. The highest BCUT2D eigenvalue weighted by molar-refractivity contribution is 14.0. The molecule has 0 amide bonds. The van der Waals surface area contributed by atoms with Crippen LogP contribution in [0.1, 0.15) is 40.0 Å². The van der Waals surface area contributed by atoms with Gasteiger partial charge in [-0.2, -0.15) is 13.2 Å². The zero-order chi connectivity index (χ0) is 17.5. The number of rotatable bonds is 7. The molecule has 1 rings (SSSR count). The van der Waals surface area contributed by atoms with E-state index in [0.717, 1.165) is 0 Å². The number of hydrogen-bond donors (Lipinski definition) is 3. The molecule has 0 aromatic rings. The van der Waals surface area contributed by atoms with Crippen LogP contribution in [0.5, 0.6) is 0 Å². The van der Waals surface area contributed by atoms with Gasteiger partial charge in [0.05, 0.1) is 18.7 Å². The highest BCUT2D eigenvalue weighted by Crippen LogP contribution is 2.20. The number of hydrogen-bond acceptors (Lipinski definition) is 3. The summed E-state index contributed by atoms with van der Waals surface area (Å²) < 4.78 is 37.3. The second kappa shape index (κ2) is 10.6. The predicted molar refractivity (Wildman–Crippen MR) is 101 cm³/mol. The standard InChI is InChI=1S/C15H29F3N4O.HI/c1-4-14(23,5-2)10-20-13(19-6-3)21-12-7-8-22(9-12)11-15(16,17)18;/h12,23H,4-11H2,1-3H3,(H2,19,20,21);1H. The molecule has 9 heteroatoms. The van der Waals surface area contributed by atoms with Gasteiger partial charge in [-0.05, 0) is 26.2 Å². The fourth-order valence-corrected chi connectivity index (χ4v) is 2.56. The van der Waals surface area contributed by atoms with Crippen molar-refractivity contribution in [1.82, 2.24) is 15.5 Å². The Balaban J connectivity index is 0.00000529. The van der Waals surface area contributed by atoms with Crippen molar-refractivity contribution in [2.75, 3.05) is 32.7 Å². The van der Waals surface area contributed by atoms with Gasteiger partial charge < -0.3 is 15.7 Å². The van der Waals surface area contributed by atoms with Crippen LogP contribution < -0.4 is 10.6 Å². The zero-order valence-corrected chi connectivity index (χ0v) is 16.9. The third-order valence-corrected chi connectivity index (χ3v) is 4.21. The lowest BCUT2D eigenvalue weighted by atomic mass is 9.98. The van der Waals surface area contributed by atoms with Gasteiger partial charge in [-0.1, -0.05) is 13.8 Å². The Hall–Kier alpha value is -0.290. The molecule has 3 N–H and O–H groups in total. The Kier molecular flexibility index (Phi) is 10.5. The van der Waals surface area contributed by atoms with Crippen LogP contribution in [0.4, 0.5) is 13.2 Å². The highest BCUT2D eigenvalue weighted by atomic mass is 127. The molecule has 0 bridgehead atoms. The van der Waals surface area contributed by atoms with E-state index in [2.05, 4.69) is 15.6 Å². The number of nitrogens with zero attached hydrogens (tertiary/aromatic N) is 2. The normalized spacial score (nSPS) is 20.0. The Morgan fingerprint density at radius 2 is 1.88 bits per heavy atom. The van der Waals surface area contributed by atoms with Gasteiger partial charge in [0.25, 0.3) is 0 Å². The van der Waals surface area contributed by atoms with Crippen LogP contribution in [0.25, 0.3) is 0 Å². The van der Waals surface area contributed by atoms with Gasteiger partial charge in [-0.25, -0.2) is 0 Å². The summed E-state index contributed by atoms with van der Waals surface area (Å²) in [7, 11) is 0. The van der Waals surface area contributed by atoms with E-state index in [-0.39, 0.29) is 36.6 Å². The van der Waals surface area contributed by atoms with Crippen molar-refractivity contribution in [3.05, 3.63) is 0 Å². The zero-order valence-electron chi connectivity index (χ0n) is 14.6. The molecular formula is C15H30F3IN4O. The van der Waals surface area contributed by atoms with E-state index >= 15 is 0 Å². The minimum absolute atomic E-state index is 0. The van der Waals surface area contributed by atoms with Crippen molar-refractivity contribution < 1.29 is 18.3 Å². The first-order valence-electron chi connectivity index (χ1n) is 8.27. The van der Waals surface area contributed by atoms with E-state index in [1.807, 2.05) is 20.8 Å². The molecule has 0 aliphatic carbocycles. The number of alkyl halides is 3. The smallest absolute Gasteiger partial charge is 0.388 e. The van der Waals surface area contributed by atoms with Crippen molar-refractivity contribution in [3.8, 4) is 0 Å². The van der Waals surface area contributed by atoms with Crippen molar-refractivity contribution in [2.45, 2.75) is 57.9 Å². The predicted octanol–water partition coefficient (Wildman–Crippen LogP) is 2.35. The maximum absolute atomic E-state index is 12.4. The Labute approximate surface area is 159 Å². The van der Waals surface area contributed by atoms with E-state index < -0.39 is 18.3 Å². The molecule has 1 aliphatic heterocycles. The third kappa shape index (κ3) is 8.70. The quantitative estimate of drug-likeness (QED) is 0.307. The van der Waals surface area contributed by atoms with Crippen molar-refractivity contribution >= 4 is 29.9 Å². The Bertz CT molecular complexity index is 389. The van der Waals surface area contributed by atoms with Gasteiger partial charge in [0.2, 0.25) is 0 Å². The highest BCUT2D eigenvalue weighted by Gasteiger charge is 2.34. The first kappa shape index (κ1) is 23.7. The van der Waals surface area contributed by atoms with Crippen molar-refractivity contribution in [2.24, 2.45) is 4.99 Å². The summed E-state index contributed by atoms with van der Waals surface area (Å²) in [6.45, 7) is 6.56. The molecule has 5 nitrogen and oxygen atoms in total. The third-order valence-electron chi connectivity index (χ3n) is 4.21. The number of halogens is 4. The summed E-state index contributed by atoms with van der Waals surface area (Å²) >= 11 is 0. The Morgan fingerprint density at radius 3 is 2.38 bits per heavy atom. The van der Waals surface area contributed by atoms with E-state index in [1.165, 1.54) is 4.90 Å². The number of aliphatic hydroxyl groups is 1. The number of likely N-dealkylation sites (tertiary alicyclic amines) is 1. The average Bonchev–Trinajstić information content (AvgIpc) is 2.89. The van der Waals surface area contributed by atoms with Gasteiger partial charge in [0.15, 0.2) is 5.96 Å². The van der Waals surface area contributed by atoms with Gasteiger partial charge in [0.1, 0.15) is 0 Å². The fourth-order valence-electron chi connectivity index (χ4n) is 2.56. The van der Waals surface area contributed by atoms with Crippen molar-refractivity contribution in [1.29, 1.82) is 0 Å². The maximum atomic E-state index is 12.4. The van der Waals surface area contributed by atoms with Gasteiger partial charge in [-0.3, -0.25) is 9.89 Å². The average molecular weight is 466 g/mol. The molecular weight excluding hydrogens is 436 g/mol. The molecule has 144 valence electrons. The van der Waals surface area contributed by atoms with Gasteiger partial charge >= 0.3 is 6.18 Å². The largest absolute Gasteiger partial charge is 0.401 e. The lowest BCUT2D eigenvalue weighted by Gasteiger charge is -2.24.